The first-order valence-electron chi connectivity index (χ1n) is 10.2. The van der Waals surface area contributed by atoms with E-state index in [9.17, 15) is 18.0 Å². The molecule has 0 atom stereocenters. The zero-order valence-electron chi connectivity index (χ0n) is 17.3. The summed E-state index contributed by atoms with van der Waals surface area (Å²) in [5, 5.41) is 3.70. The second-order valence-electron chi connectivity index (χ2n) is 7.52. The van der Waals surface area contributed by atoms with Crippen LogP contribution >= 0.6 is 22.9 Å². The number of rotatable bonds is 9. The lowest BCUT2D eigenvalue weighted by molar-refractivity contribution is -0.116. The van der Waals surface area contributed by atoms with Crippen molar-refractivity contribution in [3.05, 3.63) is 45.3 Å². The Bertz CT molecular complexity index is 1070. The fourth-order valence-electron chi connectivity index (χ4n) is 3.68. The maximum absolute atomic E-state index is 12.5. The number of hydrogen-bond donors (Lipinski definition) is 2. The number of amides is 2. The first kappa shape index (κ1) is 23.7. The number of nitrogens with two attached hydrogens (primary N) is 1. The van der Waals surface area contributed by atoms with Gasteiger partial charge in [-0.1, -0.05) is 18.5 Å². The van der Waals surface area contributed by atoms with Crippen molar-refractivity contribution in [2.45, 2.75) is 44.0 Å². The Labute approximate surface area is 191 Å². The van der Waals surface area contributed by atoms with Gasteiger partial charge in [0.25, 0.3) is 5.91 Å². The average molecular weight is 484 g/mol. The molecule has 0 aliphatic carbocycles. The predicted molar refractivity (Wildman–Crippen MR) is 123 cm³/mol. The van der Waals surface area contributed by atoms with Gasteiger partial charge in [0.1, 0.15) is 5.00 Å². The monoisotopic (exact) mass is 483 g/mol. The van der Waals surface area contributed by atoms with Crippen molar-refractivity contribution in [3.63, 3.8) is 0 Å². The Balaban J connectivity index is 1.63. The van der Waals surface area contributed by atoms with E-state index in [0.29, 0.717) is 15.6 Å². The van der Waals surface area contributed by atoms with Crippen LogP contribution in [0.5, 0.6) is 0 Å². The lowest BCUT2D eigenvalue weighted by Crippen LogP contribution is -2.31. The molecule has 0 bridgehead atoms. The molecule has 1 aliphatic rings. The molecule has 0 spiro atoms. The molecule has 168 valence electrons. The van der Waals surface area contributed by atoms with Crippen LogP contribution in [-0.2, 0) is 27.6 Å². The Morgan fingerprint density at radius 1 is 1.26 bits per heavy atom. The Morgan fingerprint density at radius 3 is 2.61 bits per heavy atom. The van der Waals surface area contributed by atoms with Crippen LogP contribution in [0.4, 0.5) is 5.00 Å². The van der Waals surface area contributed by atoms with E-state index >= 15 is 0 Å². The largest absolute Gasteiger partial charge is 0.365 e. The van der Waals surface area contributed by atoms with E-state index in [1.165, 1.54) is 35.6 Å². The summed E-state index contributed by atoms with van der Waals surface area (Å²) in [7, 11) is -3.50. The fourth-order valence-corrected chi connectivity index (χ4v) is 6.43. The summed E-state index contributed by atoms with van der Waals surface area (Å²) < 4.78 is 24.8. The van der Waals surface area contributed by atoms with Crippen LogP contribution in [0.3, 0.4) is 0 Å². The van der Waals surface area contributed by atoms with Gasteiger partial charge in [-0.15, -0.1) is 11.3 Å². The maximum atomic E-state index is 12.5. The minimum absolute atomic E-state index is 0.0234. The Kier molecular flexibility index (Phi) is 7.74. The highest BCUT2D eigenvalue weighted by Crippen LogP contribution is 2.37. The van der Waals surface area contributed by atoms with E-state index < -0.39 is 15.7 Å². The molecule has 0 saturated carbocycles. The van der Waals surface area contributed by atoms with Gasteiger partial charge in [0, 0.05) is 29.4 Å². The smallest absolute Gasteiger partial charge is 0.251 e. The first-order valence-corrected chi connectivity index (χ1v) is 13.0. The minimum Gasteiger partial charge on any atom is -0.365 e. The zero-order valence-corrected chi connectivity index (χ0v) is 19.7. The molecule has 0 saturated heterocycles. The van der Waals surface area contributed by atoms with E-state index in [1.54, 1.807) is 0 Å². The second kappa shape index (κ2) is 10.1. The highest BCUT2D eigenvalue weighted by atomic mass is 35.5. The molecule has 2 aromatic rings. The molecule has 1 aromatic carbocycles. The highest BCUT2D eigenvalue weighted by molar-refractivity contribution is 7.91. The van der Waals surface area contributed by atoms with Crippen molar-refractivity contribution in [2.24, 2.45) is 5.73 Å². The number of carbonyl (C=O) groups excluding carboxylic acids is 2. The number of primary amides is 1. The number of fused-ring (bicyclic) bond motifs is 1. The van der Waals surface area contributed by atoms with Gasteiger partial charge in [0.05, 0.1) is 16.2 Å². The van der Waals surface area contributed by atoms with Crippen molar-refractivity contribution in [1.29, 1.82) is 0 Å². The number of sulfone groups is 1. The van der Waals surface area contributed by atoms with Crippen LogP contribution < -0.4 is 11.1 Å². The van der Waals surface area contributed by atoms with Gasteiger partial charge < -0.3 is 11.1 Å². The number of benzene rings is 1. The first-order chi connectivity index (χ1) is 14.7. The quantitative estimate of drug-likeness (QED) is 0.567. The summed E-state index contributed by atoms with van der Waals surface area (Å²) >= 11 is 7.18. The predicted octanol–water partition coefficient (Wildman–Crippen LogP) is 3.46. The summed E-state index contributed by atoms with van der Waals surface area (Å²) in [6, 6.07) is 5.95. The molecule has 0 radical (unpaired) electrons. The van der Waals surface area contributed by atoms with Gasteiger partial charge in [-0.3, -0.25) is 14.5 Å². The van der Waals surface area contributed by atoms with Gasteiger partial charge in [-0.25, -0.2) is 8.42 Å². The maximum Gasteiger partial charge on any atom is 0.251 e. The molecule has 1 aromatic heterocycles. The summed E-state index contributed by atoms with van der Waals surface area (Å²) in [6.45, 7) is 4.70. The third kappa shape index (κ3) is 5.85. The van der Waals surface area contributed by atoms with Crippen LogP contribution in [0, 0.1) is 0 Å². The molecule has 0 fully saturated rings. The zero-order chi connectivity index (χ0) is 22.6. The summed E-state index contributed by atoms with van der Waals surface area (Å²) in [6.07, 6.45) is 1.96. The van der Waals surface area contributed by atoms with Gasteiger partial charge >= 0.3 is 0 Å². The van der Waals surface area contributed by atoms with Crippen LogP contribution in [0.25, 0.3) is 0 Å². The number of nitrogens with zero attached hydrogens (tertiary/aromatic N) is 1. The van der Waals surface area contributed by atoms with Crippen LogP contribution in [0.2, 0.25) is 5.02 Å². The van der Waals surface area contributed by atoms with E-state index in [4.69, 9.17) is 17.3 Å². The van der Waals surface area contributed by atoms with E-state index in [0.717, 1.165) is 42.9 Å². The summed E-state index contributed by atoms with van der Waals surface area (Å²) in [4.78, 5) is 28.0. The number of carbonyl (C=O) groups is 2. The number of anilines is 1. The van der Waals surface area contributed by atoms with E-state index in [-0.39, 0.29) is 29.4 Å². The molecule has 3 N–H and O–H groups in total. The number of nitrogens with one attached hydrogen (secondary N) is 1. The minimum atomic E-state index is -3.50. The third-order valence-corrected chi connectivity index (χ3v) is 8.37. The molecule has 2 amide bonds. The lowest BCUT2D eigenvalue weighted by Gasteiger charge is -2.26. The van der Waals surface area contributed by atoms with Gasteiger partial charge in [0.2, 0.25) is 5.91 Å². The van der Waals surface area contributed by atoms with Crippen molar-refractivity contribution in [2.75, 3.05) is 24.2 Å². The van der Waals surface area contributed by atoms with E-state index in [2.05, 4.69) is 17.1 Å². The van der Waals surface area contributed by atoms with Gasteiger partial charge in [-0.2, -0.15) is 0 Å². The lowest BCUT2D eigenvalue weighted by atomic mass is 10.0. The van der Waals surface area contributed by atoms with Gasteiger partial charge in [0.15, 0.2) is 9.84 Å². The molecule has 2 heterocycles. The summed E-state index contributed by atoms with van der Waals surface area (Å²) in [5.41, 5.74) is 6.91. The Hall–Kier alpha value is -1.94. The van der Waals surface area contributed by atoms with Crippen LogP contribution in [0.1, 0.15) is 47.0 Å². The second-order valence-corrected chi connectivity index (χ2v) is 11.2. The molecule has 1 aliphatic heterocycles. The molecular weight excluding hydrogens is 458 g/mol. The van der Waals surface area contributed by atoms with Crippen LogP contribution in [0.15, 0.2) is 29.2 Å². The van der Waals surface area contributed by atoms with E-state index in [1.807, 2.05) is 0 Å². The van der Waals surface area contributed by atoms with Crippen molar-refractivity contribution in [3.8, 4) is 0 Å². The SMILES string of the molecule is CCCN1CCc2c(sc(NC(=O)CCCS(=O)(=O)c3ccc(Cl)cc3)c2C(N)=O)C1. The molecule has 0 unspecified atom stereocenters. The molecule has 3 rings (SSSR count). The highest BCUT2D eigenvalue weighted by Gasteiger charge is 2.27. The summed E-state index contributed by atoms with van der Waals surface area (Å²) in [5.74, 6) is -1.04. The standard InChI is InChI=1S/C21H26ClN3O4S2/c1-2-10-25-11-9-16-17(13-25)30-21(19(16)20(23)27)24-18(26)4-3-12-31(28,29)15-7-5-14(22)6-8-15/h5-8H,2-4,9-13H2,1H3,(H2,23,27)(H,24,26). The normalized spacial score (nSPS) is 14.3. The van der Waals surface area contributed by atoms with Crippen molar-refractivity contribution < 1.29 is 18.0 Å². The topological polar surface area (TPSA) is 110 Å². The molecule has 31 heavy (non-hydrogen) atoms. The number of thiophene rings is 1. The number of hydrogen-bond acceptors (Lipinski definition) is 6. The number of halogens is 1. The molecular formula is C21H26ClN3O4S2. The third-order valence-electron chi connectivity index (χ3n) is 5.16. The average Bonchev–Trinajstić information content (AvgIpc) is 3.05. The van der Waals surface area contributed by atoms with Crippen molar-refractivity contribution in [1.82, 2.24) is 4.90 Å². The van der Waals surface area contributed by atoms with Gasteiger partial charge in [-0.05, 0) is 55.6 Å². The van der Waals surface area contributed by atoms with Crippen molar-refractivity contribution >= 4 is 49.6 Å². The Morgan fingerprint density at radius 2 is 1.97 bits per heavy atom. The molecule has 7 nitrogen and oxygen atoms in total. The molecule has 10 heteroatoms. The fraction of sp³-hybridized carbons (Fsp3) is 0.429. The van der Waals surface area contributed by atoms with Crippen LogP contribution in [-0.4, -0.2) is 44.0 Å².